The third-order valence-electron chi connectivity index (χ3n) is 2.56. The zero-order valence-corrected chi connectivity index (χ0v) is 12.0. The van der Waals surface area contributed by atoms with E-state index in [2.05, 4.69) is 30.7 Å². The maximum atomic E-state index is 11.3. The number of esters is 1. The quantitative estimate of drug-likeness (QED) is 0.872. The second kappa shape index (κ2) is 5.50. The Labute approximate surface area is 118 Å². The van der Waals surface area contributed by atoms with Gasteiger partial charge in [-0.1, -0.05) is 22.0 Å². The summed E-state index contributed by atoms with van der Waals surface area (Å²) in [6.07, 6.45) is 0.862. The Morgan fingerprint density at radius 2 is 2.26 bits per heavy atom. The maximum absolute atomic E-state index is 11.3. The number of ether oxygens (including phenoxy) is 1. The van der Waals surface area contributed by atoms with Gasteiger partial charge in [0.15, 0.2) is 0 Å². The van der Waals surface area contributed by atoms with Crippen LogP contribution in [0, 0.1) is 0 Å². The summed E-state index contributed by atoms with van der Waals surface area (Å²) in [4.78, 5) is 15.1. The van der Waals surface area contributed by atoms with Crippen LogP contribution in [0.15, 0.2) is 29.0 Å². The zero-order valence-electron chi connectivity index (χ0n) is 10.4. The van der Waals surface area contributed by atoms with E-state index in [1.54, 1.807) is 25.1 Å². The number of rotatable bonds is 3. The lowest BCUT2D eigenvalue weighted by atomic mass is 10.1. The molecule has 0 saturated heterocycles. The van der Waals surface area contributed by atoms with Gasteiger partial charge in [-0.15, -0.1) is 5.10 Å². The van der Waals surface area contributed by atoms with E-state index in [0.29, 0.717) is 0 Å². The van der Waals surface area contributed by atoms with Crippen molar-refractivity contribution in [2.24, 2.45) is 0 Å². The Balaban J connectivity index is 2.35. The van der Waals surface area contributed by atoms with E-state index in [1.807, 2.05) is 0 Å². The maximum Gasteiger partial charge on any atom is 0.377 e. The molecule has 0 bridgehead atoms. The van der Waals surface area contributed by atoms with Crippen molar-refractivity contribution in [3.05, 3.63) is 40.4 Å². The molecular formula is C12H12BrN3O3. The lowest BCUT2D eigenvalue weighted by Crippen LogP contribution is -2.05. The van der Waals surface area contributed by atoms with Gasteiger partial charge in [0.25, 0.3) is 5.82 Å². The van der Waals surface area contributed by atoms with Crippen molar-refractivity contribution in [3.63, 3.8) is 0 Å². The number of carbonyl (C=O) groups is 1. The van der Waals surface area contributed by atoms with Crippen molar-refractivity contribution < 1.29 is 14.6 Å². The first-order chi connectivity index (χ1) is 9.02. The second-order valence-corrected chi connectivity index (χ2v) is 4.74. The monoisotopic (exact) mass is 325 g/mol. The van der Waals surface area contributed by atoms with E-state index in [-0.39, 0.29) is 5.82 Å². The second-order valence-electron chi connectivity index (χ2n) is 3.89. The van der Waals surface area contributed by atoms with Crippen LogP contribution in [-0.4, -0.2) is 33.0 Å². The molecule has 2 rings (SSSR count). The van der Waals surface area contributed by atoms with E-state index >= 15 is 0 Å². The standard InChI is InChI=1S/C12H12BrN3O3/c1-7(17)9-4-3-8(5-10(9)13)16-6-14-11(15-16)12(18)19-2/h3-7,17H,1-2H3/t7-/m1/s1. The highest BCUT2D eigenvalue weighted by Gasteiger charge is 2.13. The number of carbonyl (C=O) groups excluding carboxylic acids is 1. The summed E-state index contributed by atoms with van der Waals surface area (Å²) in [5.41, 5.74) is 1.50. The van der Waals surface area contributed by atoms with Gasteiger partial charge >= 0.3 is 5.97 Å². The third-order valence-corrected chi connectivity index (χ3v) is 3.25. The van der Waals surface area contributed by atoms with E-state index in [4.69, 9.17) is 0 Å². The summed E-state index contributed by atoms with van der Waals surface area (Å²) in [5, 5.41) is 13.6. The largest absolute Gasteiger partial charge is 0.463 e. The first-order valence-corrected chi connectivity index (χ1v) is 6.30. The van der Waals surface area contributed by atoms with Gasteiger partial charge in [-0.25, -0.2) is 14.5 Å². The molecule has 1 aromatic carbocycles. The van der Waals surface area contributed by atoms with Crippen LogP contribution in [0.2, 0.25) is 0 Å². The molecule has 19 heavy (non-hydrogen) atoms. The summed E-state index contributed by atoms with van der Waals surface area (Å²) in [5.74, 6) is -0.586. The Morgan fingerprint density at radius 3 is 2.84 bits per heavy atom. The van der Waals surface area contributed by atoms with Crippen molar-refractivity contribution in [1.29, 1.82) is 0 Å². The first-order valence-electron chi connectivity index (χ1n) is 5.50. The van der Waals surface area contributed by atoms with Crippen LogP contribution in [0.4, 0.5) is 0 Å². The molecule has 0 fully saturated rings. The van der Waals surface area contributed by atoms with E-state index in [0.717, 1.165) is 15.7 Å². The topological polar surface area (TPSA) is 77.2 Å². The van der Waals surface area contributed by atoms with Crippen molar-refractivity contribution in [3.8, 4) is 5.69 Å². The molecule has 0 amide bonds. The van der Waals surface area contributed by atoms with Crippen LogP contribution < -0.4 is 0 Å². The molecule has 2 aromatic rings. The molecule has 1 aromatic heterocycles. The molecule has 0 aliphatic rings. The van der Waals surface area contributed by atoms with Gasteiger partial charge in [-0.3, -0.25) is 0 Å². The number of benzene rings is 1. The Bertz CT molecular complexity index is 610. The number of hydrogen-bond acceptors (Lipinski definition) is 5. The fourth-order valence-corrected chi connectivity index (χ4v) is 2.27. The van der Waals surface area contributed by atoms with Gasteiger partial charge in [0.2, 0.25) is 0 Å². The number of aliphatic hydroxyl groups excluding tert-OH is 1. The van der Waals surface area contributed by atoms with E-state index < -0.39 is 12.1 Å². The van der Waals surface area contributed by atoms with Crippen LogP contribution >= 0.6 is 15.9 Å². The summed E-state index contributed by atoms with van der Waals surface area (Å²) in [6, 6.07) is 5.35. The van der Waals surface area contributed by atoms with Crippen molar-refractivity contribution in [2.45, 2.75) is 13.0 Å². The highest BCUT2D eigenvalue weighted by Crippen LogP contribution is 2.25. The number of aliphatic hydroxyl groups is 1. The molecule has 0 spiro atoms. The third kappa shape index (κ3) is 2.82. The molecule has 1 atom stereocenters. The lowest BCUT2D eigenvalue weighted by Gasteiger charge is -2.09. The smallest absolute Gasteiger partial charge is 0.377 e. The van der Waals surface area contributed by atoms with Gasteiger partial charge in [0.1, 0.15) is 6.33 Å². The highest BCUT2D eigenvalue weighted by molar-refractivity contribution is 9.10. The molecule has 100 valence electrons. The molecule has 0 saturated carbocycles. The zero-order chi connectivity index (χ0) is 14.0. The number of halogens is 1. The Morgan fingerprint density at radius 1 is 1.53 bits per heavy atom. The Kier molecular flexibility index (Phi) is 3.96. The fraction of sp³-hybridized carbons (Fsp3) is 0.250. The van der Waals surface area contributed by atoms with Gasteiger partial charge in [-0.2, -0.15) is 0 Å². The molecule has 6 nitrogen and oxygen atoms in total. The summed E-state index contributed by atoms with van der Waals surface area (Å²) >= 11 is 3.38. The van der Waals surface area contributed by atoms with Crippen molar-refractivity contribution in [2.75, 3.05) is 7.11 Å². The van der Waals surface area contributed by atoms with Crippen LogP contribution in [0.1, 0.15) is 29.2 Å². The molecule has 0 aliphatic heterocycles. The number of nitrogens with zero attached hydrogens (tertiary/aromatic N) is 3. The SMILES string of the molecule is COC(=O)c1ncn(-c2ccc([C@@H](C)O)c(Br)c2)n1. The van der Waals surface area contributed by atoms with Gasteiger partial charge < -0.3 is 9.84 Å². The Hall–Kier alpha value is -1.73. The molecule has 0 aliphatic carbocycles. The predicted octanol–water partition coefficient (Wildman–Crippen LogP) is 1.87. The minimum atomic E-state index is -0.585. The predicted molar refractivity (Wildman–Crippen MR) is 71.0 cm³/mol. The van der Waals surface area contributed by atoms with Crippen LogP contribution in [0.3, 0.4) is 0 Å². The van der Waals surface area contributed by atoms with Crippen LogP contribution in [-0.2, 0) is 4.74 Å². The van der Waals surface area contributed by atoms with Gasteiger partial charge in [0.05, 0.1) is 18.9 Å². The molecule has 1 heterocycles. The van der Waals surface area contributed by atoms with E-state index in [9.17, 15) is 9.90 Å². The highest BCUT2D eigenvalue weighted by atomic mass is 79.9. The molecule has 0 radical (unpaired) electrons. The van der Waals surface area contributed by atoms with Crippen molar-refractivity contribution >= 4 is 21.9 Å². The number of aromatic nitrogens is 3. The number of methoxy groups -OCH3 is 1. The molecule has 7 heteroatoms. The van der Waals surface area contributed by atoms with Gasteiger partial charge in [-0.05, 0) is 24.6 Å². The normalized spacial score (nSPS) is 12.2. The molecular weight excluding hydrogens is 314 g/mol. The minimum absolute atomic E-state index is 0.00164. The first kappa shape index (κ1) is 13.7. The lowest BCUT2D eigenvalue weighted by molar-refractivity contribution is 0.0587. The number of hydrogen-bond donors (Lipinski definition) is 1. The fourth-order valence-electron chi connectivity index (χ4n) is 1.57. The summed E-state index contributed by atoms with van der Waals surface area (Å²) in [7, 11) is 1.27. The molecule has 0 unspecified atom stereocenters. The van der Waals surface area contributed by atoms with E-state index in [1.165, 1.54) is 18.1 Å². The summed E-state index contributed by atoms with van der Waals surface area (Å²) < 4.78 is 6.76. The molecule has 1 N–H and O–H groups in total. The van der Waals surface area contributed by atoms with Gasteiger partial charge in [0, 0.05) is 4.47 Å². The average molecular weight is 326 g/mol. The minimum Gasteiger partial charge on any atom is -0.463 e. The average Bonchev–Trinajstić information content (AvgIpc) is 2.86. The van der Waals surface area contributed by atoms with Crippen LogP contribution in [0.5, 0.6) is 0 Å². The van der Waals surface area contributed by atoms with Crippen molar-refractivity contribution in [1.82, 2.24) is 14.8 Å². The van der Waals surface area contributed by atoms with Crippen LogP contribution in [0.25, 0.3) is 5.69 Å². The summed E-state index contributed by atoms with van der Waals surface area (Å²) in [6.45, 7) is 1.69.